The second-order valence-electron chi connectivity index (χ2n) is 9.53. The van der Waals surface area contributed by atoms with Gasteiger partial charge in [0.15, 0.2) is 0 Å². The summed E-state index contributed by atoms with van der Waals surface area (Å²) in [5.74, 6) is -0.256. The van der Waals surface area contributed by atoms with Gasteiger partial charge in [0.25, 0.3) is 0 Å². The Kier molecular flexibility index (Phi) is 10.5. The maximum atomic E-state index is 13.6. The molecule has 0 aliphatic rings. The molecule has 0 saturated carbocycles. The van der Waals surface area contributed by atoms with Gasteiger partial charge in [-0.1, -0.05) is 58.4 Å². The summed E-state index contributed by atoms with van der Waals surface area (Å²) in [5.41, 5.74) is 2.12. The third-order valence-electron chi connectivity index (χ3n) is 5.89. The average Bonchev–Trinajstić information content (AvgIpc) is 2.88. The van der Waals surface area contributed by atoms with E-state index in [0.717, 1.165) is 26.2 Å². The molecule has 0 heterocycles. The van der Waals surface area contributed by atoms with Crippen molar-refractivity contribution in [3.05, 3.63) is 94.5 Å². The zero-order valence-corrected chi connectivity index (χ0v) is 24.9. The van der Waals surface area contributed by atoms with Crippen LogP contribution in [0.5, 0.6) is 5.75 Å². The van der Waals surface area contributed by atoms with Gasteiger partial charge in [-0.25, -0.2) is 8.42 Å². The SMILES string of the molecule is CC(C)NC(=O)[C@H](C)N(Cc1cccc(Br)c1)C(=O)CN(c1ccc(OCc2ccccc2)cc1)S(C)(=O)=O. The summed E-state index contributed by atoms with van der Waals surface area (Å²) in [6.07, 6.45) is 1.05. The van der Waals surface area contributed by atoms with Crippen molar-refractivity contribution in [2.75, 3.05) is 17.1 Å². The average molecular weight is 617 g/mol. The minimum absolute atomic E-state index is 0.113. The van der Waals surface area contributed by atoms with Crippen molar-refractivity contribution in [1.29, 1.82) is 0 Å². The monoisotopic (exact) mass is 615 g/mol. The number of sulfonamides is 1. The lowest BCUT2D eigenvalue weighted by Crippen LogP contribution is -2.52. The van der Waals surface area contributed by atoms with Gasteiger partial charge in [0, 0.05) is 17.1 Å². The fourth-order valence-corrected chi connectivity index (χ4v) is 5.18. The fourth-order valence-electron chi connectivity index (χ4n) is 3.88. The standard InChI is InChI=1S/C29H34BrN3O5S/c1-21(2)31-29(35)22(3)32(18-24-11-8-12-25(30)17-24)28(34)19-33(39(4,36)37)26-13-15-27(16-14-26)38-20-23-9-6-5-7-10-23/h5-17,21-22H,18-20H2,1-4H3,(H,31,35)/t22-/m0/s1. The van der Waals surface area contributed by atoms with Crippen LogP contribution in [0.15, 0.2) is 83.3 Å². The highest BCUT2D eigenvalue weighted by Gasteiger charge is 2.30. The summed E-state index contributed by atoms with van der Waals surface area (Å²) < 4.78 is 33.2. The number of rotatable bonds is 12. The molecule has 3 aromatic carbocycles. The Balaban J connectivity index is 1.82. The van der Waals surface area contributed by atoms with Crippen LogP contribution < -0.4 is 14.4 Å². The van der Waals surface area contributed by atoms with Crippen LogP contribution in [0.2, 0.25) is 0 Å². The predicted octanol–water partition coefficient (Wildman–Crippen LogP) is 4.74. The van der Waals surface area contributed by atoms with E-state index in [4.69, 9.17) is 4.74 Å². The second kappa shape index (κ2) is 13.6. The van der Waals surface area contributed by atoms with Gasteiger partial charge in [-0.3, -0.25) is 13.9 Å². The first-order valence-corrected chi connectivity index (χ1v) is 15.2. The third-order valence-corrected chi connectivity index (χ3v) is 7.53. The quantitative estimate of drug-likeness (QED) is 0.318. The lowest BCUT2D eigenvalue weighted by molar-refractivity contribution is -0.139. The molecule has 0 saturated heterocycles. The Morgan fingerprint density at radius 1 is 0.923 bits per heavy atom. The molecule has 10 heteroatoms. The maximum absolute atomic E-state index is 13.6. The first-order valence-electron chi connectivity index (χ1n) is 12.5. The molecule has 0 radical (unpaired) electrons. The lowest BCUT2D eigenvalue weighted by Gasteiger charge is -2.32. The van der Waals surface area contributed by atoms with E-state index >= 15 is 0 Å². The minimum Gasteiger partial charge on any atom is -0.489 e. The first kappa shape index (κ1) is 30.2. The molecule has 0 aliphatic heterocycles. The molecule has 0 aromatic heterocycles. The van der Waals surface area contributed by atoms with E-state index < -0.39 is 28.5 Å². The van der Waals surface area contributed by atoms with E-state index in [9.17, 15) is 18.0 Å². The number of nitrogens with one attached hydrogen (secondary N) is 1. The van der Waals surface area contributed by atoms with Crippen LogP contribution in [-0.2, 0) is 32.8 Å². The van der Waals surface area contributed by atoms with Crippen LogP contribution >= 0.6 is 15.9 Å². The second-order valence-corrected chi connectivity index (χ2v) is 12.4. The molecule has 2 amide bonds. The number of ether oxygens (including phenoxy) is 1. The van der Waals surface area contributed by atoms with Crippen LogP contribution in [0, 0.1) is 0 Å². The molecule has 0 unspecified atom stereocenters. The number of benzene rings is 3. The Morgan fingerprint density at radius 3 is 2.15 bits per heavy atom. The van der Waals surface area contributed by atoms with Gasteiger partial charge in [-0.05, 0) is 68.3 Å². The molecule has 3 aromatic rings. The van der Waals surface area contributed by atoms with Crippen molar-refractivity contribution in [1.82, 2.24) is 10.2 Å². The topological polar surface area (TPSA) is 96.0 Å². The number of halogens is 1. The van der Waals surface area contributed by atoms with E-state index in [-0.39, 0.29) is 18.5 Å². The molecule has 0 fully saturated rings. The molecule has 1 atom stereocenters. The van der Waals surface area contributed by atoms with Gasteiger partial charge in [0.05, 0.1) is 11.9 Å². The first-order chi connectivity index (χ1) is 18.4. The predicted molar refractivity (Wildman–Crippen MR) is 157 cm³/mol. The van der Waals surface area contributed by atoms with Gasteiger partial charge >= 0.3 is 0 Å². The van der Waals surface area contributed by atoms with Crippen molar-refractivity contribution in [2.24, 2.45) is 0 Å². The molecule has 0 bridgehead atoms. The molecule has 208 valence electrons. The summed E-state index contributed by atoms with van der Waals surface area (Å²) in [6.45, 7) is 5.35. The number of hydrogen-bond acceptors (Lipinski definition) is 5. The number of anilines is 1. The number of hydrogen-bond donors (Lipinski definition) is 1. The normalized spacial score (nSPS) is 12.1. The van der Waals surface area contributed by atoms with Gasteiger partial charge < -0.3 is 15.0 Å². The van der Waals surface area contributed by atoms with Crippen molar-refractivity contribution in [2.45, 2.75) is 46.0 Å². The van der Waals surface area contributed by atoms with Crippen LogP contribution in [0.4, 0.5) is 5.69 Å². The van der Waals surface area contributed by atoms with Crippen LogP contribution in [0.1, 0.15) is 31.9 Å². The summed E-state index contributed by atoms with van der Waals surface area (Å²) in [5, 5.41) is 2.83. The molecule has 39 heavy (non-hydrogen) atoms. The van der Waals surface area contributed by atoms with Gasteiger partial charge in [-0.15, -0.1) is 0 Å². The highest BCUT2D eigenvalue weighted by atomic mass is 79.9. The number of carbonyl (C=O) groups is 2. The highest BCUT2D eigenvalue weighted by molar-refractivity contribution is 9.10. The highest BCUT2D eigenvalue weighted by Crippen LogP contribution is 2.23. The molecule has 0 spiro atoms. The Labute approximate surface area is 239 Å². The molecule has 1 N–H and O–H groups in total. The zero-order chi connectivity index (χ0) is 28.6. The lowest BCUT2D eigenvalue weighted by atomic mass is 10.1. The summed E-state index contributed by atoms with van der Waals surface area (Å²) in [6, 6.07) is 22.7. The third kappa shape index (κ3) is 9.11. The summed E-state index contributed by atoms with van der Waals surface area (Å²) in [4.78, 5) is 27.9. The fraction of sp³-hybridized carbons (Fsp3) is 0.310. The minimum atomic E-state index is -3.82. The van der Waals surface area contributed by atoms with E-state index in [2.05, 4.69) is 21.2 Å². The molecule has 8 nitrogen and oxygen atoms in total. The number of nitrogens with zero attached hydrogens (tertiary/aromatic N) is 2. The van der Waals surface area contributed by atoms with Crippen molar-refractivity contribution in [3.63, 3.8) is 0 Å². The van der Waals surface area contributed by atoms with E-state index in [1.54, 1.807) is 31.2 Å². The van der Waals surface area contributed by atoms with Crippen molar-refractivity contribution >= 4 is 43.5 Å². The Morgan fingerprint density at radius 2 is 1.56 bits per heavy atom. The van der Waals surface area contributed by atoms with E-state index in [1.807, 2.05) is 68.4 Å². The van der Waals surface area contributed by atoms with Gasteiger partial charge in [0.1, 0.15) is 24.9 Å². The van der Waals surface area contributed by atoms with Crippen LogP contribution in [0.3, 0.4) is 0 Å². The van der Waals surface area contributed by atoms with Crippen LogP contribution in [-0.4, -0.2) is 50.0 Å². The molecule has 3 rings (SSSR count). The largest absolute Gasteiger partial charge is 0.489 e. The van der Waals surface area contributed by atoms with Gasteiger partial charge in [0.2, 0.25) is 21.8 Å². The number of amides is 2. The zero-order valence-electron chi connectivity index (χ0n) is 22.5. The summed E-state index contributed by atoms with van der Waals surface area (Å²) >= 11 is 3.43. The van der Waals surface area contributed by atoms with E-state index in [1.165, 1.54) is 4.90 Å². The number of carbonyl (C=O) groups excluding carboxylic acids is 2. The Bertz CT molecular complexity index is 1370. The Hall–Kier alpha value is -3.37. The van der Waals surface area contributed by atoms with Crippen molar-refractivity contribution < 1.29 is 22.7 Å². The van der Waals surface area contributed by atoms with Gasteiger partial charge in [-0.2, -0.15) is 0 Å². The van der Waals surface area contributed by atoms with E-state index in [0.29, 0.717) is 18.0 Å². The van der Waals surface area contributed by atoms with Crippen molar-refractivity contribution in [3.8, 4) is 5.75 Å². The molecular formula is C29H34BrN3O5S. The van der Waals surface area contributed by atoms with Crippen LogP contribution in [0.25, 0.3) is 0 Å². The molecule has 0 aliphatic carbocycles. The maximum Gasteiger partial charge on any atom is 0.244 e. The molecular weight excluding hydrogens is 582 g/mol. The summed E-state index contributed by atoms with van der Waals surface area (Å²) in [7, 11) is -3.82. The smallest absolute Gasteiger partial charge is 0.244 e.